The second-order valence-corrected chi connectivity index (χ2v) is 6.07. The second kappa shape index (κ2) is 8.68. The van der Waals surface area contributed by atoms with Crippen molar-refractivity contribution in [2.75, 3.05) is 59.1 Å². The first-order chi connectivity index (χ1) is 10.1. The van der Waals surface area contributed by atoms with E-state index in [0.717, 1.165) is 52.5 Å². The molecular formula is C15H29N3O3. The van der Waals surface area contributed by atoms with Crippen molar-refractivity contribution >= 4 is 5.91 Å². The number of hydrogen-bond acceptors (Lipinski definition) is 5. The highest BCUT2D eigenvalue weighted by atomic mass is 16.5. The standard InChI is InChI=1S/C15H29N3O3/c1-13(2)21-10-8-17-4-6-18(7-5-17)15(19)11-14-12-20-9-3-16-14/h13-14,16H,3-12H2,1-2H3. The van der Waals surface area contributed by atoms with Crippen LogP contribution in [0.15, 0.2) is 0 Å². The van der Waals surface area contributed by atoms with E-state index in [9.17, 15) is 4.79 Å². The molecule has 0 spiro atoms. The van der Waals surface area contributed by atoms with Crippen LogP contribution in [0.25, 0.3) is 0 Å². The average molecular weight is 299 g/mol. The monoisotopic (exact) mass is 299 g/mol. The summed E-state index contributed by atoms with van der Waals surface area (Å²) in [5.74, 6) is 0.246. The van der Waals surface area contributed by atoms with Crippen molar-refractivity contribution < 1.29 is 14.3 Å². The molecule has 2 aliphatic rings. The zero-order valence-electron chi connectivity index (χ0n) is 13.3. The van der Waals surface area contributed by atoms with Gasteiger partial charge in [0, 0.05) is 51.7 Å². The summed E-state index contributed by atoms with van der Waals surface area (Å²) >= 11 is 0. The SMILES string of the molecule is CC(C)OCCN1CCN(C(=O)CC2COCCN2)CC1. The van der Waals surface area contributed by atoms with Gasteiger partial charge in [-0.15, -0.1) is 0 Å². The summed E-state index contributed by atoms with van der Waals surface area (Å²) in [5.41, 5.74) is 0. The van der Waals surface area contributed by atoms with Gasteiger partial charge in [0.25, 0.3) is 0 Å². The number of nitrogens with zero attached hydrogens (tertiary/aromatic N) is 2. The lowest BCUT2D eigenvalue weighted by Crippen LogP contribution is -2.51. The number of carbonyl (C=O) groups excluding carboxylic acids is 1. The summed E-state index contributed by atoms with van der Waals surface area (Å²) < 4.78 is 11.0. The van der Waals surface area contributed by atoms with Crippen molar-refractivity contribution in [1.82, 2.24) is 15.1 Å². The fourth-order valence-corrected chi connectivity index (χ4v) is 2.73. The lowest BCUT2D eigenvalue weighted by Gasteiger charge is -2.35. The van der Waals surface area contributed by atoms with Crippen LogP contribution in [0.1, 0.15) is 20.3 Å². The summed E-state index contributed by atoms with van der Waals surface area (Å²) in [5, 5.41) is 3.34. The normalized spacial score (nSPS) is 24.5. The van der Waals surface area contributed by atoms with Crippen LogP contribution in [0.2, 0.25) is 0 Å². The minimum atomic E-state index is 0.184. The number of rotatable bonds is 6. The Morgan fingerprint density at radius 3 is 2.71 bits per heavy atom. The smallest absolute Gasteiger partial charge is 0.224 e. The molecule has 0 bridgehead atoms. The summed E-state index contributed by atoms with van der Waals surface area (Å²) in [6.07, 6.45) is 0.842. The van der Waals surface area contributed by atoms with Gasteiger partial charge in [0.15, 0.2) is 0 Å². The maximum Gasteiger partial charge on any atom is 0.224 e. The van der Waals surface area contributed by atoms with Crippen molar-refractivity contribution in [2.24, 2.45) is 0 Å². The van der Waals surface area contributed by atoms with Crippen molar-refractivity contribution in [1.29, 1.82) is 0 Å². The number of morpholine rings is 1. The number of hydrogen-bond donors (Lipinski definition) is 1. The molecule has 21 heavy (non-hydrogen) atoms. The molecule has 0 aromatic carbocycles. The maximum absolute atomic E-state index is 12.3. The molecule has 2 saturated heterocycles. The van der Waals surface area contributed by atoms with E-state index in [4.69, 9.17) is 9.47 Å². The summed E-state index contributed by atoms with van der Waals surface area (Å²) in [6, 6.07) is 0.184. The molecule has 1 unspecified atom stereocenters. The molecule has 6 nitrogen and oxygen atoms in total. The molecule has 122 valence electrons. The fraction of sp³-hybridized carbons (Fsp3) is 0.933. The zero-order valence-corrected chi connectivity index (χ0v) is 13.3. The maximum atomic E-state index is 12.3. The molecule has 6 heteroatoms. The Balaban J connectivity index is 1.62. The summed E-state index contributed by atoms with van der Waals surface area (Å²) in [4.78, 5) is 16.6. The average Bonchev–Trinajstić information content (AvgIpc) is 2.48. The molecule has 0 saturated carbocycles. The molecule has 2 fully saturated rings. The summed E-state index contributed by atoms with van der Waals surface area (Å²) in [7, 11) is 0. The van der Waals surface area contributed by atoms with E-state index in [-0.39, 0.29) is 18.1 Å². The molecule has 0 radical (unpaired) electrons. The van der Waals surface area contributed by atoms with Crippen LogP contribution in [0.4, 0.5) is 0 Å². The molecule has 1 amide bonds. The Hall–Kier alpha value is -0.690. The van der Waals surface area contributed by atoms with Crippen molar-refractivity contribution in [2.45, 2.75) is 32.4 Å². The quantitative estimate of drug-likeness (QED) is 0.744. The van der Waals surface area contributed by atoms with Gasteiger partial charge < -0.3 is 19.7 Å². The molecular weight excluding hydrogens is 270 g/mol. The van der Waals surface area contributed by atoms with Gasteiger partial charge in [-0.3, -0.25) is 9.69 Å². The Morgan fingerprint density at radius 1 is 1.33 bits per heavy atom. The first kappa shape index (κ1) is 16.7. The third-order valence-electron chi connectivity index (χ3n) is 4.00. The van der Waals surface area contributed by atoms with E-state index in [2.05, 4.69) is 24.1 Å². The van der Waals surface area contributed by atoms with Crippen LogP contribution >= 0.6 is 0 Å². The lowest BCUT2D eigenvalue weighted by molar-refractivity contribution is -0.134. The van der Waals surface area contributed by atoms with Gasteiger partial charge in [-0.25, -0.2) is 0 Å². The topological polar surface area (TPSA) is 54.0 Å². The van der Waals surface area contributed by atoms with Crippen LogP contribution in [-0.2, 0) is 14.3 Å². The highest BCUT2D eigenvalue weighted by Gasteiger charge is 2.24. The Kier molecular flexibility index (Phi) is 6.89. The molecule has 2 rings (SSSR count). The van der Waals surface area contributed by atoms with Gasteiger partial charge in [-0.1, -0.05) is 0 Å². The number of nitrogens with one attached hydrogen (secondary N) is 1. The Labute approximate surface area is 127 Å². The molecule has 2 heterocycles. The lowest BCUT2D eigenvalue weighted by atomic mass is 10.1. The van der Waals surface area contributed by atoms with Crippen molar-refractivity contribution in [3.63, 3.8) is 0 Å². The third kappa shape index (κ3) is 5.90. The molecule has 0 aliphatic carbocycles. The van der Waals surface area contributed by atoms with Gasteiger partial charge in [-0.05, 0) is 13.8 Å². The third-order valence-corrected chi connectivity index (χ3v) is 4.00. The first-order valence-electron chi connectivity index (χ1n) is 8.08. The number of piperazine rings is 1. The highest BCUT2D eigenvalue weighted by Crippen LogP contribution is 2.07. The fourth-order valence-electron chi connectivity index (χ4n) is 2.73. The largest absolute Gasteiger partial charge is 0.378 e. The van der Waals surface area contributed by atoms with E-state index in [1.807, 2.05) is 4.90 Å². The molecule has 0 aromatic heterocycles. The predicted octanol–water partition coefficient (Wildman–Crippen LogP) is -0.0659. The van der Waals surface area contributed by atoms with Crippen molar-refractivity contribution in [3.8, 4) is 0 Å². The second-order valence-electron chi connectivity index (χ2n) is 6.07. The molecule has 1 N–H and O–H groups in total. The molecule has 0 aromatic rings. The van der Waals surface area contributed by atoms with Gasteiger partial charge in [-0.2, -0.15) is 0 Å². The Bertz CT molecular complexity index is 311. The van der Waals surface area contributed by atoms with Gasteiger partial charge in [0.1, 0.15) is 0 Å². The van der Waals surface area contributed by atoms with E-state index in [0.29, 0.717) is 13.0 Å². The molecule has 1 atom stereocenters. The van der Waals surface area contributed by atoms with Crippen LogP contribution < -0.4 is 5.32 Å². The van der Waals surface area contributed by atoms with Crippen LogP contribution in [0, 0.1) is 0 Å². The number of amides is 1. The Morgan fingerprint density at radius 2 is 2.10 bits per heavy atom. The van der Waals surface area contributed by atoms with E-state index < -0.39 is 0 Å². The van der Waals surface area contributed by atoms with Gasteiger partial charge in [0.05, 0.1) is 25.9 Å². The van der Waals surface area contributed by atoms with Crippen LogP contribution in [0.3, 0.4) is 0 Å². The minimum Gasteiger partial charge on any atom is -0.378 e. The van der Waals surface area contributed by atoms with Crippen molar-refractivity contribution in [3.05, 3.63) is 0 Å². The highest BCUT2D eigenvalue weighted by molar-refractivity contribution is 5.77. The summed E-state index contributed by atoms with van der Waals surface area (Å²) in [6.45, 7) is 11.6. The van der Waals surface area contributed by atoms with Crippen LogP contribution in [0.5, 0.6) is 0 Å². The number of carbonyl (C=O) groups is 1. The first-order valence-corrected chi connectivity index (χ1v) is 8.08. The zero-order chi connectivity index (χ0) is 15.1. The molecule has 2 aliphatic heterocycles. The predicted molar refractivity (Wildman–Crippen MR) is 81.3 cm³/mol. The van der Waals surface area contributed by atoms with Gasteiger partial charge >= 0.3 is 0 Å². The minimum absolute atomic E-state index is 0.184. The van der Waals surface area contributed by atoms with Gasteiger partial charge in [0.2, 0.25) is 5.91 Å². The number of ether oxygens (including phenoxy) is 2. The van der Waals surface area contributed by atoms with E-state index >= 15 is 0 Å². The van der Waals surface area contributed by atoms with Crippen LogP contribution in [-0.4, -0.2) is 86.9 Å². The van der Waals surface area contributed by atoms with E-state index in [1.165, 1.54) is 0 Å². The van der Waals surface area contributed by atoms with E-state index in [1.54, 1.807) is 0 Å².